The number of aryl methyl sites for hydroxylation is 2. The first-order chi connectivity index (χ1) is 9.97. The summed E-state index contributed by atoms with van der Waals surface area (Å²) in [7, 11) is 0. The number of carbonyl (C=O) groups is 1. The predicted octanol–water partition coefficient (Wildman–Crippen LogP) is 4.81. The minimum absolute atomic E-state index is 0.141. The molecule has 0 aliphatic rings. The largest absolute Gasteiger partial charge is 0.481 e. The van der Waals surface area contributed by atoms with Crippen molar-refractivity contribution in [3.05, 3.63) is 56.5 Å². The van der Waals surface area contributed by atoms with Crippen molar-refractivity contribution in [2.75, 3.05) is 6.61 Å². The van der Waals surface area contributed by atoms with E-state index < -0.39 is 5.97 Å². The summed E-state index contributed by atoms with van der Waals surface area (Å²) in [4.78, 5) is 11.9. The van der Waals surface area contributed by atoms with Crippen molar-refractivity contribution < 1.29 is 14.3 Å². The zero-order valence-corrected chi connectivity index (χ0v) is 14.8. The molecule has 0 radical (unpaired) electrons. The highest BCUT2D eigenvalue weighted by Gasteiger charge is 2.12. The summed E-state index contributed by atoms with van der Waals surface area (Å²) in [6.07, 6.45) is 0. The topological polar surface area (TPSA) is 35.5 Å². The maximum absolute atomic E-state index is 11.9. The van der Waals surface area contributed by atoms with Crippen molar-refractivity contribution >= 4 is 37.8 Å². The highest BCUT2D eigenvalue weighted by atomic mass is 79.9. The minimum atomic E-state index is -0.431. The fourth-order valence-corrected chi connectivity index (χ4v) is 2.99. The number of benzene rings is 2. The number of halogens is 2. The maximum Gasteiger partial charge on any atom is 0.349 e. The fraction of sp³-hybridized carbons (Fsp3) is 0.188. The van der Waals surface area contributed by atoms with Crippen LogP contribution >= 0.6 is 31.9 Å². The van der Waals surface area contributed by atoms with Crippen molar-refractivity contribution in [1.29, 1.82) is 0 Å². The van der Waals surface area contributed by atoms with Crippen LogP contribution < -0.4 is 9.47 Å². The third-order valence-corrected chi connectivity index (χ3v) is 3.94. The number of carbonyl (C=O) groups excluding carboxylic acids is 1. The van der Waals surface area contributed by atoms with Crippen LogP contribution in [0.3, 0.4) is 0 Å². The second kappa shape index (κ2) is 7.09. The lowest BCUT2D eigenvalue weighted by Crippen LogP contribution is -2.18. The summed E-state index contributed by atoms with van der Waals surface area (Å²) >= 11 is 6.77. The van der Waals surface area contributed by atoms with Crippen LogP contribution in [-0.4, -0.2) is 12.6 Å². The van der Waals surface area contributed by atoms with Gasteiger partial charge in [-0.3, -0.25) is 0 Å². The Morgan fingerprint density at radius 2 is 1.71 bits per heavy atom. The summed E-state index contributed by atoms with van der Waals surface area (Å²) in [5.74, 6) is 0.761. The highest BCUT2D eigenvalue weighted by Crippen LogP contribution is 2.28. The van der Waals surface area contributed by atoms with Gasteiger partial charge in [-0.25, -0.2) is 4.79 Å². The standard InChI is InChI=1S/C16H14Br2O3/c1-10-7-12(17)8-11(2)16(10)21-15(19)9-20-14-6-4-3-5-13(14)18/h3-8H,9H2,1-2H3. The van der Waals surface area contributed by atoms with Gasteiger partial charge in [0, 0.05) is 4.47 Å². The van der Waals surface area contributed by atoms with Gasteiger partial charge in [-0.2, -0.15) is 0 Å². The van der Waals surface area contributed by atoms with E-state index in [1.54, 1.807) is 6.07 Å². The van der Waals surface area contributed by atoms with E-state index in [1.807, 2.05) is 44.2 Å². The molecule has 0 saturated carbocycles. The molecule has 0 aliphatic heterocycles. The predicted molar refractivity (Wildman–Crippen MR) is 88.9 cm³/mol. The van der Waals surface area contributed by atoms with E-state index in [-0.39, 0.29) is 6.61 Å². The number of ether oxygens (including phenoxy) is 2. The second-order valence-corrected chi connectivity index (χ2v) is 6.33. The zero-order valence-electron chi connectivity index (χ0n) is 11.7. The number of hydrogen-bond acceptors (Lipinski definition) is 3. The van der Waals surface area contributed by atoms with Crippen molar-refractivity contribution in [1.82, 2.24) is 0 Å². The van der Waals surface area contributed by atoms with Crippen LogP contribution in [0.15, 0.2) is 45.3 Å². The molecular weight excluding hydrogens is 400 g/mol. The smallest absolute Gasteiger partial charge is 0.349 e. The van der Waals surface area contributed by atoms with Gasteiger partial charge in [0.1, 0.15) is 11.5 Å². The molecule has 110 valence electrons. The Bertz CT molecular complexity index is 645. The van der Waals surface area contributed by atoms with E-state index in [0.717, 1.165) is 20.1 Å². The highest BCUT2D eigenvalue weighted by molar-refractivity contribution is 9.10. The summed E-state index contributed by atoms with van der Waals surface area (Å²) in [6.45, 7) is 3.65. The molecule has 0 saturated heterocycles. The molecule has 0 unspecified atom stereocenters. The van der Waals surface area contributed by atoms with E-state index >= 15 is 0 Å². The van der Waals surface area contributed by atoms with Gasteiger partial charge in [-0.15, -0.1) is 0 Å². The molecule has 0 amide bonds. The average Bonchev–Trinajstić information content (AvgIpc) is 2.42. The van der Waals surface area contributed by atoms with E-state index in [1.165, 1.54) is 0 Å². The Hall–Kier alpha value is -1.33. The van der Waals surface area contributed by atoms with Gasteiger partial charge in [-0.1, -0.05) is 28.1 Å². The molecule has 0 atom stereocenters. The van der Waals surface area contributed by atoms with Crippen LogP contribution in [-0.2, 0) is 4.79 Å². The zero-order chi connectivity index (χ0) is 15.4. The van der Waals surface area contributed by atoms with E-state index in [9.17, 15) is 4.79 Å². The molecule has 0 aliphatic carbocycles. The lowest BCUT2D eigenvalue weighted by molar-refractivity contribution is -0.136. The van der Waals surface area contributed by atoms with Gasteiger partial charge in [0.05, 0.1) is 4.47 Å². The molecule has 2 aromatic rings. The van der Waals surface area contributed by atoms with Gasteiger partial charge in [0.2, 0.25) is 0 Å². The Morgan fingerprint density at radius 1 is 1.10 bits per heavy atom. The van der Waals surface area contributed by atoms with Crippen LogP contribution in [0.1, 0.15) is 11.1 Å². The minimum Gasteiger partial charge on any atom is -0.481 e. The molecule has 3 nitrogen and oxygen atoms in total. The Morgan fingerprint density at radius 3 is 2.33 bits per heavy atom. The first kappa shape index (κ1) is 16.0. The normalized spacial score (nSPS) is 10.3. The van der Waals surface area contributed by atoms with Crippen molar-refractivity contribution in [3.8, 4) is 11.5 Å². The van der Waals surface area contributed by atoms with Gasteiger partial charge in [-0.05, 0) is 65.2 Å². The van der Waals surface area contributed by atoms with E-state index in [2.05, 4.69) is 31.9 Å². The molecule has 0 heterocycles. The molecular formula is C16H14Br2O3. The summed E-state index contributed by atoms with van der Waals surface area (Å²) < 4.78 is 12.6. The molecule has 0 aromatic heterocycles. The van der Waals surface area contributed by atoms with Crippen LogP contribution in [0, 0.1) is 13.8 Å². The number of esters is 1. The molecule has 0 spiro atoms. The number of para-hydroxylation sites is 1. The maximum atomic E-state index is 11.9. The van der Waals surface area contributed by atoms with Crippen molar-refractivity contribution in [2.24, 2.45) is 0 Å². The van der Waals surface area contributed by atoms with Gasteiger partial charge in [0.15, 0.2) is 6.61 Å². The summed E-state index contributed by atoms with van der Waals surface area (Å²) in [5, 5.41) is 0. The van der Waals surface area contributed by atoms with Gasteiger partial charge < -0.3 is 9.47 Å². The van der Waals surface area contributed by atoms with Crippen LogP contribution in [0.25, 0.3) is 0 Å². The van der Waals surface area contributed by atoms with E-state index in [0.29, 0.717) is 11.5 Å². The fourth-order valence-electron chi connectivity index (χ4n) is 1.90. The van der Waals surface area contributed by atoms with Gasteiger partial charge >= 0.3 is 5.97 Å². The van der Waals surface area contributed by atoms with Crippen LogP contribution in [0.5, 0.6) is 11.5 Å². The molecule has 21 heavy (non-hydrogen) atoms. The Labute approximate surface area is 140 Å². The monoisotopic (exact) mass is 412 g/mol. The number of rotatable bonds is 4. The van der Waals surface area contributed by atoms with Gasteiger partial charge in [0.25, 0.3) is 0 Å². The quantitative estimate of drug-likeness (QED) is 0.532. The molecule has 2 aromatic carbocycles. The third-order valence-electron chi connectivity index (χ3n) is 2.82. The lowest BCUT2D eigenvalue weighted by Gasteiger charge is -2.12. The molecule has 5 heteroatoms. The summed E-state index contributed by atoms with van der Waals surface area (Å²) in [5.41, 5.74) is 1.80. The average molecular weight is 414 g/mol. The van der Waals surface area contributed by atoms with E-state index in [4.69, 9.17) is 9.47 Å². The second-order valence-electron chi connectivity index (χ2n) is 4.56. The Kier molecular flexibility index (Phi) is 5.42. The molecule has 2 rings (SSSR count). The van der Waals surface area contributed by atoms with Crippen molar-refractivity contribution in [2.45, 2.75) is 13.8 Å². The lowest BCUT2D eigenvalue weighted by atomic mass is 10.1. The van der Waals surface area contributed by atoms with Crippen LogP contribution in [0.2, 0.25) is 0 Å². The third kappa shape index (κ3) is 4.32. The molecule has 0 bridgehead atoms. The SMILES string of the molecule is Cc1cc(Br)cc(C)c1OC(=O)COc1ccccc1Br. The first-order valence-corrected chi connectivity index (χ1v) is 7.90. The molecule has 0 fully saturated rings. The summed E-state index contributed by atoms with van der Waals surface area (Å²) in [6, 6.07) is 11.2. The van der Waals surface area contributed by atoms with Crippen molar-refractivity contribution in [3.63, 3.8) is 0 Å². The Balaban J connectivity index is 2.01. The molecule has 0 N–H and O–H groups in total. The first-order valence-electron chi connectivity index (χ1n) is 6.32. The number of hydrogen-bond donors (Lipinski definition) is 0. The van der Waals surface area contributed by atoms with Crippen LogP contribution in [0.4, 0.5) is 0 Å².